The van der Waals surface area contributed by atoms with Gasteiger partial charge in [-0.3, -0.25) is 4.79 Å². The van der Waals surface area contributed by atoms with E-state index in [9.17, 15) is 27.6 Å². The molecule has 0 radical (unpaired) electrons. The van der Waals surface area contributed by atoms with Gasteiger partial charge in [-0.2, -0.15) is 18.4 Å². The molecule has 0 saturated carbocycles. The monoisotopic (exact) mass is 440 g/mol. The van der Waals surface area contributed by atoms with E-state index in [-0.39, 0.29) is 17.9 Å². The number of benzene rings is 3. The predicted molar refractivity (Wildman–Crippen MR) is 111 cm³/mol. The number of alkyl halides is 3. The second kappa shape index (κ2) is 9.79. The van der Waals surface area contributed by atoms with Crippen LogP contribution < -0.4 is 10.1 Å². The van der Waals surface area contributed by atoms with Crippen LogP contribution in [0.2, 0.25) is 0 Å². The highest BCUT2D eigenvalue weighted by Crippen LogP contribution is 2.31. The van der Waals surface area contributed by atoms with E-state index in [2.05, 4.69) is 5.32 Å². The van der Waals surface area contributed by atoms with Gasteiger partial charge in [-0.1, -0.05) is 36.4 Å². The molecule has 0 aliphatic heterocycles. The third-order valence-electron chi connectivity index (χ3n) is 4.32. The number of nitrogens with zero attached hydrogens (tertiary/aromatic N) is 1. The molecule has 1 N–H and O–H groups in total. The van der Waals surface area contributed by atoms with Crippen molar-refractivity contribution < 1.29 is 27.1 Å². The number of amides is 1. The Morgan fingerprint density at radius 1 is 1.03 bits per heavy atom. The quantitative estimate of drug-likeness (QED) is 0.292. The van der Waals surface area contributed by atoms with Crippen LogP contribution in [0.15, 0.2) is 78.4 Å². The first-order valence-electron chi connectivity index (χ1n) is 9.33. The van der Waals surface area contributed by atoms with E-state index in [1.165, 1.54) is 24.3 Å². The number of nitrogens with one attached hydrogen (secondary N) is 1. The molecule has 32 heavy (non-hydrogen) atoms. The van der Waals surface area contributed by atoms with Crippen LogP contribution in [0.1, 0.15) is 16.7 Å². The Morgan fingerprint density at radius 2 is 1.78 bits per heavy atom. The summed E-state index contributed by atoms with van der Waals surface area (Å²) in [5, 5.41) is 11.7. The second-order valence-electron chi connectivity index (χ2n) is 6.66. The Morgan fingerprint density at radius 3 is 2.50 bits per heavy atom. The maximum atomic E-state index is 13.3. The summed E-state index contributed by atoms with van der Waals surface area (Å²) in [6, 6.07) is 18.3. The van der Waals surface area contributed by atoms with Crippen LogP contribution in [-0.2, 0) is 17.6 Å². The summed E-state index contributed by atoms with van der Waals surface area (Å²) in [7, 11) is 0. The van der Waals surface area contributed by atoms with Crippen molar-refractivity contribution in [2.75, 3.05) is 5.32 Å². The maximum absolute atomic E-state index is 13.3. The van der Waals surface area contributed by atoms with Crippen molar-refractivity contribution in [2.24, 2.45) is 0 Å². The summed E-state index contributed by atoms with van der Waals surface area (Å²) < 4.78 is 57.6. The number of hydrogen-bond acceptors (Lipinski definition) is 3. The molecule has 8 heteroatoms. The first-order chi connectivity index (χ1) is 15.3. The number of carbonyl (C=O) groups excluding carboxylic acids is 1. The molecule has 1 amide bonds. The summed E-state index contributed by atoms with van der Waals surface area (Å²) in [4.78, 5) is 12.5. The Hall–Kier alpha value is -4.12. The highest BCUT2D eigenvalue weighted by Gasteiger charge is 2.30. The molecule has 3 aromatic carbocycles. The molecule has 4 nitrogen and oxygen atoms in total. The zero-order valence-electron chi connectivity index (χ0n) is 16.5. The third-order valence-corrected chi connectivity index (χ3v) is 4.32. The number of anilines is 1. The Kier molecular flexibility index (Phi) is 6.90. The molecule has 3 rings (SSSR count). The van der Waals surface area contributed by atoms with Gasteiger partial charge in [-0.25, -0.2) is 4.39 Å². The van der Waals surface area contributed by atoms with Crippen molar-refractivity contribution in [3.63, 3.8) is 0 Å². The van der Waals surface area contributed by atoms with Crippen LogP contribution in [0.4, 0.5) is 23.2 Å². The lowest BCUT2D eigenvalue weighted by molar-refractivity contribution is -0.137. The van der Waals surface area contributed by atoms with Gasteiger partial charge >= 0.3 is 6.18 Å². The SMILES string of the molecule is N#C/C(=C\c1ccccc1OCc1cccc(F)c1)C(=O)Nc1cccc(C(F)(F)F)c1. The topological polar surface area (TPSA) is 62.1 Å². The first-order valence-corrected chi connectivity index (χ1v) is 9.33. The van der Waals surface area contributed by atoms with Crippen LogP contribution in [0.25, 0.3) is 6.08 Å². The molecule has 0 atom stereocenters. The Balaban J connectivity index is 1.79. The van der Waals surface area contributed by atoms with Gasteiger partial charge in [0, 0.05) is 11.3 Å². The van der Waals surface area contributed by atoms with Gasteiger partial charge in [0.1, 0.15) is 29.8 Å². The lowest BCUT2D eigenvalue weighted by Gasteiger charge is -2.11. The molecule has 0 fully saturated rings. The lowest BCUT2D eigenvalue weighted by atomic mass is 10.1. The van der Waals surface area contributed by atoms with Gasteiger partial charge in [0.15, 0.2) is 0 Å². The fourth-order valence-electron chi connectivity index (χ4n) is 2.79. The number of para-hydroxylation sites is 1. The first kappa shape index (κ1) is 22.6. The van der Waals surface area contributed by atoms with E-state index in [4.69, 9.17) is 4.74 Å². The molecule has 3 aromatic rings. The highest BCUT2D eigenvalue weighted by molar-refractivity contribution is 6.09. The van der Waals surface area contributed by atoms with Gasteiger partial charge in [-0.15, -0.1) is 0 Å². The van der Waals surface area contributed by atoms with Crippen molar-refractivity contribution in [3.05, 3.63) is 101 Å². The van der Waals surface area contributed by atoms with Crippen molar-refractivity contribution in [3.8, 4) is 11.8 Å². The second-order valence-corrected chi connectivity index (χ2v) is 6.66. The number of ether oxygens (including phenoxy) is 1. The minimum atomic E-state index is -4.56. The van der Waals surface area contributed by atoms with Crippen molar-refractivity contribution in [2.45, 2.75) is 12.8 Å². The zero-order valence-corrected chi connectivity index (χ0v) is 16.5. The third kappa shape index (κ3) is 5.95. The summed E-state index contributed by atoms with van der Waals surface area (Å²) in [5.74, 6) is -0.930. The van der Waals surface area contributed by atoms with Crippen LogP contribution in [0, 0.1) is 17.1 Å². The molecule has 0 spiro atoms. The lowest BCUT2D eigenvalue weighted by Crippen LogP contribution is -2.14. The summed E-state index contributed by atoms with van der Waals surface area (Å²) >= 11 is 0. The minimum absolute atomic E-state index is 0.0565. The molecular weight excluding hydrogens is 424 g/mol. The highest BCUT2D eigenvalue weighted by atomic mass is 19.4. The van der Waals surface area contributed by atoms with E-state index < -0.39 is 23.5 Å². The molecule has 0 bridgehead atoms. The summed E-state index contributed by atoms with van der Waals surface area (Å²) in [6.07, 6.45) is -3.30. The fraction of sp³-hybridized carbons (Fsp3) is 0.0833. The van der Waals surface area contributed by atoms with Gasteiger partial charge in [0.25, 0.3) is 5.91 Å². The molecule has 0 saturated heterocycles. The van der Waals surface area contributed by atoms with E-state index in [1.807, 2.05) is 0 Å². The smallest absolute Gasteiger partial charge is 0.416 e. The summed E-state index contributed by atoms with van der Waals surface area (Å²) in [6.45, 7) is 0.0565. The minimum Gasteiger partial charge on any atom is -0.488 e. The largest absolute Gasteiger partial charge is 0.488 e. The fourth-order valence-corrected chi connectivity index (χ4v) is 2.79. The molecular formula is C24H16F4N2O2. The zero-order chi connectivity index (χ0) is 23.1. The van der Waals surface area contributed by atoms with Crippen LogP contribution in [0.5, 0.6) is 5.75 Å². The van der Waals surface area contributed by atoms with Crippen molar-refractivity contribution in [1.82, 2.24) is 0 Å². The average molecular weight is 440 g/mol. The van der Waals surface area contributed by atoms with E-state index >= 15 is 0 Å². The molecule has 0 aliphatic rings. The molecule has 0 aliphatic carbocycles. The number of rotatable bonds is 6. The molecule has 0 unspecified atom stereocenters. The van der Waals surface area contributed by atoms with E-state index in [1.54, 1.807) is 42.5 Å². The summed E-state index contributed by atoms with van der Waals surface area (Å²) in [5.41, 5.74) is -0.356. The number of carbonyl (C=O) groups is 1. The average Bonchev–Trinajstić information content (AvgIpc) is 2.76. The number of nitriles is 1. The number of hydrogen-bond donors (Lipinski definition) is 1. The normalized spacial score (nSPS) is 11.5. The molecule has 0 aromatic heterocycles. The van der Waals surface area contributed by atoms with Gasteiger partial charge in [-0.05, 0) is 48.0 Å². The Labute approximate surface area is 181 Å². The molecule has 0 heterocycles. The van der Waals surface area contributed by atoms with Gasteiger partial charge < -0.3 is 10.1 Å². The van der Waals surface area contributed by atoms with Gasteiger partial charge in [0.05, 0.1) is 5.56 Å². The van der Waals surface area contributed by atoms with Crippen molar-refractivity contribution in [1.29, 1.82) is 5.26 Å². The van der Waals surface area contributed by atoms with E-state index in [0.717, 1.165) is 18.2 Å². The maximum Gasteiger partial charge on any atom is 0.416 e. The van der Waals surface area contributed by atoms with E-state index in [0.29, 0.717) is 16.9 Å². The van der Waals surface area contributed by atoms with Gasteiger partial charge in [0.2, 0.25) is 0 Å². The Bertz CT molecular complexity index is 1200. The van der Waals surface area contributed by atoms with Crippen molar-refractivity contribution >= 4 is 17.7 Å². The predicted octanol–water partition coefficient (Wildman–Crippen LogP) is 5.97. The standard InChI is InChI=1S/C24H16F4N2O2/c25-20-8-3-5-16(11-20)15-32-22-10-2-1-6-17(22)12-18(14-29)23(31)30-21-9-4-7-19(13-21)24(26,27)28/h1-13H,15H2,(H,30,31)/b18-12+. The number of halogens is 4. The van der Waals surface area contributed by atoms with Crippen LogP contribution in [0.3, 0.4) is 0 Å². The van der Waals surface area contributed by atoms with Crippen LogP contribution in [-0.4, -0.2) is 5.91 Å². The molecule has 162 valence electrons. The van der Waals surface area contributed by atoms with Crippen LogP contribution >= 0.6 is 0 Å².